The van der Waals surface area contributed by atoms with Crippen LogP contribution in [0.25, 0.3) is 0 Å². The molecule has 90 valence electrons. The summed E-state index contributed by atoms with van der Waals surface area (Å²) < 4.78 is 1.20. The molecule has 0 amide bonds. The van der Waals surface area contributed by atoms with Crippen molar-refractivity contribution in [3.63, 3.8) is 0 Å². The fraction of sp³-hybridized carbons (Fsp3) is 0.500. The van der Waals surface area contributed by atoms with Crippen LogP contribution < -0.4 is 5.73 Å². The van der Waals surface area contributed by atoms with E-state index in [9.17, 15) is 0 Å². The van der Waals surface area contributed by atoms with Crippen molar-refractivity contribution in [2.45, 2.75) is 25.9 Å². The summed E-state index contributed by atoms with van der Waals surface area (Å²) in [6.45, 7) is 5.30. The van der Waals surface area contributed by atoms with Crippen molar-refractivity contribution in [2.75, 3.05) is 13.1 Å². The summed E-state index contributed by atoms with van der Waals surface area (Å²) in [6.07, 6.45) is 1.13. The number of halogens is 2. The van der Waals surface area contributed by atoms with E-state index in [1.54, 1.807) is 0 Å². The highest BCUT2D eigenvalue weighted by atomic mass is 79.9. The molecule has 0 unspecified atom stereocenters. The van der Waals surface area contributed by atoms with Crippen LogP contribution in [0.2, 0.25) is 0 Å². The van der Waals surface area contributed by atoms with E-state index in [0.717, 1.165) is 26.1 Å². The van der Waals surface area contributed by atoms with Crippen molar-refractivity contribution in [2.24, 2.45) is 5.73 Å². The second-order valence-corrected chi connectivity index (χ2v) is 5.22. The summed E-state index contributed by atoms with van der Waals surface area (Å²) in [4.78, 5) is 2.42. The van der Waals surface area contributed by atoms with Gasteiger partial charge >= 0.3 is 0 Å². The zero-order chi connectivity index (χ0) is 10.8. The van der Waals surface area contributed by atoms with E-state index in [1.165, 1.54) is 15.6 Å². The molecule has 16 heavy (non-hydrogen) atoms. The lowest BCUT2D eigenvalue weighted by Crippen LogP contribution is -2.26. The molecule has 0 spiro atoms. The van der Waals surface area contributed by atoms with Crippen LogP contribution in [0.4, 0.5) is 0 Å². The molecule has 1 fully saturated rings. The van der Waals surface area contributed by atoms with Gasteiger partial charge in [0.05, 0.1) is 0 Å². The lowest BCUT2D eigenvalue weighted by Gasteiger charge is -2.15. The van der Waals surface area contributed by atoms with Gasteiger partial charge in [-0.2, -0.15) is 0 Å². The van der Waals surface area contributed by atoms with E-state index in [0.29, 0.717) is 6.04 Å². The molecule has 1 atom stereocenters. The zero-order valence-electron chi connectivity index (χ0n) is 9.45. The van der Waals surface area contributed by atoms with E-state index in [4.69, 9.17) is 5.73 Å². The molecular formula is C12H18BrClN2. The number of hydrogen-bond acceptors (Lipinski definition) is 2. The Morgan fingerprint density at radius 2 is 2.25 bits per heavy atom. The van der Waals surface area contributed by atoms with Crippen LogP contribution >= 0.6 is 28.3 Å². The summed E-state index contributed by atoms with van der Waals surface area (Å²) in [5, 5.41) is 0. The largest absolute Gasteiger partial charge is 0.326 e. The highest BCUT2D eigenvalue weighted by molar-refractivity contribution is 9.10. The third-order valence-electron chi connectivity index (χ3n) is 2.95. The molecule has 0 bridgehead atoms. The predicted octanol–water partition coefficient (Wildman–Crippen LogP) is 2.71. The van der Waals surface area contributed by atoms with Crippen molar-refractivity contribution in [1.29, 1.82) is 0 Å². The maximum absolute atomic E-state index is 5.88. The lowest BCUT2D eigenvalue weighted by molar-refractivity contribution is 0.327. The SMILES string of the molecule is Cc1ccc(CN2CC[C@@H](N)C2)cc1Br.Cl. The van der Waals surface area contributed by atoms with E-state index >= 15 is 0 Å². The third-order valence-corrected chi connectivity index (χ3v) is 3.81. The van der Waals surface area contributed by atoms with E-state index in [1.807, 2.05) is 0 Å². The molecule has 2 nitrogen and oxygen atoms in total. The average molecular weight is 306 g/mol. The maximum atomic E-state index is 5.88. The Bertz CT molecular complexity index is 357. The van der Waals surface area contributed by atoms with Gasteiger partial charge in [0.2, 0.25) is 0 Å². The van der Waals surface area contributed by atoms with Crippen LogP contribution in [-0.4, -0.2) is 24.0 Å². The molecule has 1 aliphatic heterocycles. The first kappa shape index (κ1) is 14.0. The smallest absolute Gasteiger partial charge is 0.0234 e. The Kier molecular flexibility index (Phi) is 5.25. The minimum atomic E-state index is 0. The van der Waals surface area contributed by atoms with Crippen LogP contribution in [0.15, 0.2) is 22.7 Å². The standard InChI is InChI=1S/C12H17BrN2.ClH/c1-9-2-3-10(6-12(9)13)7-15-5-4-11(14)8-15;/h2-3,6,11H,4-5,7-8,14H2,1H3;1H/t11-;/m1./s1. The van der Waals surface area contributed by atoms with Gasteiger partial charge in [-0.25, -0.2) is 0 Å². The van der Waals surface area contributed by atoms with Crippen LogP contribution in [0.1, 0.15) is 17.5 Å². The van der Waals surface area contributed by atoms with Gasteiger partial charge in [0.1, 0.15) is 0 Å². The number of likely N-dealkylation sites (tertiary alicyclic amines) is 1. The van der Waals surface area contributed by atoms with Crippen LogP contribution in [0.5, 0.6) is 0 Å². The summed E-state index contributed by atoms with van der Waals surface area (Å²) in [5.41, 5.74) is 8.53. The van der Waals surface area contributed by atoms with E-state index in [-0.39, 0.29) is 12.4 Å². The molecule has 1 aromatic carbocycles. The van der Waals surface area contributed by atoms with Gasteiger partial charge in [-0.15, -0.1) is 12.4 Å². The van der Waals surface area contributed by atoms with Crippen LogP contribution in [0, 0.1) is 6.92 Å². The first-order valence-corrected chi connectivity index (χ1v) is 6.17. The minimum absolute atomic E-state index is 0. The van der Waals surface area contributed by atoms with E-state index in [2.05, 4.69) is 46.0 Å². The van der Waals surface area contributed by atoms with Crippen LogP contribution in [-0.2, 0) is 6.54 Å². The zero-order valence-corrected chi connectivity index (χ0v) is 11.9. The molecule has 1 heterocycles. The molecule has 0 saturated carbocycles. The van der Waals surface area contributed by atoms with Crippen molar-refractivity contribution >= 4 is 28.3 Å². The van der Waals surface area contributed by atoms with Gasteiger partial charge in [-0.3, -0.25) is 4.90 Å². The Balaban J connectivity index is 0.00000128. The fourth-order valence-electron chi connectivity index (χ4n) is 2.00. The number of nitrogens with zero attached hydrogens (tertiary/aromatic N) is 1. The summed E-state index contributed by atoms with van der Waals surface area (Å²) >= 11 is 3.56. The number of hydrogen-bond donors (Lipinski definition) is 1. The van der Waals surface area contributed by atoms with Gasteiger partial charge in [0, 0.05) is 30.1 Å². The third kappa shape index (κ3) is 3.45. The topological polar surface area (TPSA) is 29.3 Å². The van der Waals surface area contributed by atoms with Crippen LogP contribution in [0.3, 0.4) is 0 Å². The quantitative estimate of drug-likeness (QED) is 0.910. The summed E-state index contributed by atoms with van der Waals surface area (Å²) in [6, 6.07) is 6.94. The molecule has 2 N–H and O–H groups in total. The first-order valence-electron chi connectivity index (χ1n) is 5.38. The fourth-order valence-corrected chi connectivity index (χ4v) is 2.43. The highest BCUT2D eigenvalue weighted by Gasteiger charge is 2.18. The molecule has 0 radical (unpaired) electrons. The number of aryl methyl sites for hydroxylation is 1. The van der Waals surface area contributed by atoms with Crippen molar-refractivity contribution < 1.29 is 0 Å². The molecular weight excluding hydrogens is 288 g/mol. The van der Waals surface area contributed by atoms with Crippen molar-refractivity contribution in [3.8, 4) is 0 Å². The molecule has 0 aliphatic carbocycles. The van der Waals surface area contributed by atoms with Crippen molar-refractivity contribution in [3.05, 3.63) is 33.8 Å². The molecule has 4 heteroatoms. The maximum Gasteiger partial charge on any atom is 0.0234 e. The molecule has 0 aromatic heterocycles. The number of benzene rings is 1. The van der Waals surface area contributed by atoms with Gasteiger partial charge < -0.3 is 5.73 Å². The molecule has 2 rings (SSSR count). The molecule has 1 aromatic rings. The Hall–Kier alpha value is -0.0900. The molecule has 1 saturated heterocycles. The lowest BCUT2D eigenvalue weighted by atomic mass is 10.1. The minimum Gasteiger partial charge on any atom is -0.326 e. The van der Waals surface area contributed by atoms with Gasteiger partial charge in [-0.1, -0.05) is 28.1 Å². The Labute approximate surface area is 112 Å². The van der Waals surface area contributed by atoms with Gasteiger partial charge in [0.15, 0.2) is 0 Å². The second kappa shape index (κ2) is 6.01. The highest BCUT2D eigenvalue weighted by Crippen LogP contribution is 2.19. The van der Waals surface area contributed by atoms with Gasteiger partial charge in [0.25, 0.3) is 0 Å². The predicted molar refractivity (Wildman–Crippen MR) is 74.0 cm³/mol. The Morgan fingerprint density at radius 1 is 1.50 bits per heavy atom. The van der Waals surface area contributed by atoms with E-state index < -0.39 is 0 Å². The summed E-state index contributed by atoms with van der Waals surface area (Å²) in [5.74, 6) is 0. The van der Waals surface area contributed by atoms with Gasteiger partial charge in [-0.05, 0) is 30.5 Å². The van der Waals surface area contributed by atoms with Crippen molar-refractivity contribution in [1.82, 2.24) is 4.90 Å². The Morgan fingerprint density at radius 3 is 2.81 bits per heavy atom. The monoisotopic (exact) mass is 304 g/mol. The normalized spacial score (nSPS) is 20.8. The first-order chi connectivity index (χ1) is 7.15. The number of rotatable bonds is 2. The molecule has 1 aliphatic rings. The number of nitrogens with two attached hydrogens (primary N) is 1. The summed E-state index contributed by atoms with van der Waals surface area (Å²) in [7, 11) is 0. The average Bonchev–Trinajstić information content (AvgIpc) is 2.58. The second-order valence-electron chi connectivity index (χ2n) is 4.37.